The van der Waals surface area contributed by atoms with E-state index in [4.69, 9.17) is 4.18 Å². The maximum atomic E-state index is 13.0. The number of anilines is 1. The molecule has 2 aliphatic carbocycles. The second-order valence-corrected chi connectivity index (χ2v) is 8.88. The minimum Gasteiger partial charge on any atom is -0.377 e. The summed E-state index contributed by atoms with van der Waals surface area (Å²) in [4.78, 5) is 27.2. The molecule has 2 aromatic carbocycles. The molecule has 2 bridgehead atoms. The van der Waals surface area contributed by atoms with Crippen LogP contribution in [0.5, 0.6) is 5.75 Å². The Hall–Kier alpha value is -2.93. The van der Waals surface area contributed by atoms with E-state index in [2.05, 4.69) is 0 Å². The first-order valence-corrected chi connectivity index (χ1v) is 10.5. The summed E-state index contributed by atoms with van der Waals surface area (Å²) in [7, 11) is -4.09. The summed E-state index contributed by atoms with van der Waals surface area (Å²) in [5.74, 6) is -1.15. The fraction of sp³-hybridized carbons (Fsp3) is 0.238. The number of fused-ring (bicyclic) bond motifs is 5. The van der Waals surface area contributed by atoms with Gasteiger partial charge in [0, 0.05) is 0 Å². The molecule has 4 atom stereocenters. The van der Waals surface area contributed by atoms with Crippen LogP contribution in [0.4, 0.5) is 5.69 Å². The first-order chi connectivity index (χ1) is 13.5. The van der Waals surface area contributed by atoms with Crippen LogP contribution in [-0.4, -0.2) is 20.2 Å². The highest BCUT2D eigenvalue weighted by Crippen LogP contribution is 2.53. The van der Waals surface area contributed by atoms with Crippen LogP contribution in [0.3, 0.4) is 0 Å². The number of rotatable bonds is 4. The highest BCUT2D eigenvalue weighted by atomic mass is 32.2. The number of para-hydroxylation sites is 2. The molecule has 0 unspecified atom stereocenters. The predicted octanol–water partition coefficient (Wildman–Crippen LogP) is 2.77. The Bertz CT molecular complexity index is 1080. The zero-order valence-electron chi connectivity index (χ0n) is 14.8. The molecular formula is C21H17NO5S. The third kappa shape index (κ3) is 2.43. The minimum absolute atomic E-state index is 0.00277. The molecule has 0 radical (unpaired) electrons. The Labute approximate surface area is 162 Å². The van der Waals surface area contributed by atoms with Crippen molar-refractivity contribution in [3.8, 4) is 5.75 Å². The number of nitrogens with zero attached hydrogens (tertiary/aromatic N) is 1. The molecule has 7 heteroatoms. The summed E-state index contributed by atoms with van der Waals surface area (Å²) in [6, 6.07) is 14.0. The van der Waals surface area contributed by atoms with Crippen LogP contribution in [0.25, 0.3) is 0 Å². The number of hydrogen-bond acceptors (Lipinski definition) is 5. The van der Waals surface area contributed by atoms with E-state index in [0.717, 1.165) is 11.3 Å². The number of amides is 2. The molecule has 2 amide bonds. The molecule has 0 spiro atoms. The summed E-state index contributed by atoms with van der Waals surface area (Å²) < 4.78 is 30.6. The zero-order valence-corrected chi connectivity index (χ0v) is 15.6. The van der Waals surface area contributed by atoms with Crippen molar-refractivity contribution in [1.29, 1.82) is 0 Å². The summed E-state index contributed by atoms with van der Waals surface area (Å²) in [5, 5.41) is 0. The van der Waals surface area contributed by atoms with Gasteiger partial charge in [0.25, 0.3) is 0 Å². The lowest BCUT2D eigenvalue weighted by Gasteiger charge is -2.20. The number of hydrogen-bond donors (Lipinski definition) is 0. The van der Waals surface area contributed by atoms with Crippen molar-refractivity contribution < 1.29 is 22.2 Å². The van der Waals surface area contributed by atoms with Crippen LogP contribution in [0.1, 0.15) is 6.42 Å². The highest BCUT2D eigenvalue weighted by Gasteiger charge is 2.60. The SMILES string of the molecule is O=C1[C@@H]2[C@H](C(=O)N1c1ccccc1OS(=O)(=O)c1ccccc1)[C@H]1C=C[C@@H]2C1. The maximum Gasteiger partial charge on any atom is 0.339 e. The molecule has 0 aromatic heterocycles. The summed E-state index contributed by atoms with van der Waals surface area (Å²) >= 11 is 0. The van der Waals surface area contributed by atoms with Crippen LogP contribution in [0.15, 0.2) is 71.6 Å². The van der Waals surface area contributed by atoms with Crippen LogP contribution in [-0.2, 0) is 19.7 Å². The second kappa shape index (κ2) is 6.04. The Morgan fingerprint density at radius 2 is 1.39 bits per heavy atom. The molecule has 1 saturated carbocycles. The van der Waals surface area contributed by atoms with Gasteiger partial charge in [-0.25, -0.2) is 4.90 Å². The lowest BCUT2D eigenvalue weighted by molar-refractivity contribution is -0.123. The maximum absolute atomic E-state index is 13.0. The largest absolute Gasteiger partial charge is 0.377 e. The fourth-order valence-corrected chi connectivity index (χ4v) is 5.57. The van der Waals surface area contributed by atoms with Crippen molar-refractivity contribution in [2.45, 2.75) is 11.3 Å². The van der Waals surface area contributed by atoms with E-state index in [9.17, 15) is 18.0 Å². The average molecular weight is 395 g/mol. The van der Waals surface area contributed by atoms with Gasteiger partial charge >= 0.3 is 10.1 Å². The third-order valence-corrected chi connectivity index (χ3v) is 7.06. The van der Waals surface area contributed by atoms with Crippen molar-refractivity contribution in [2.24, 2.45) is 23.7 Å². The Balaban J connectivity index is 1.52. The number of allylic oxidation sites excluding steroid dienone is 2. The van der Waals surface area contributed by atoms with E-state index in [1.807, 2.05) is 12.2 Å². The molecule has 0 N–H and O–H groups in total. The topological polar surface area (TPSA) is 80.8 Å². The van der Waals surface area contributed by atoms with Crippen molar-refractivity contribution in [2.75, 3.05) is 4.90 Å². The molecule has 3 aliphatic rings. The number of carbonyl (C=O) groups excluding carboxylic acids is 2. The van der Waals surface area contributed by atoms with Gasteiger partial charge in [-0.2, -0.15) is 8.42 Å². The zero-order chi connectivity index (χ0) is 19.5. The first kappa shape index (κ1) is 17.2. The van der Waals surface area contributed by atoms with E-state index in [1.165, 1.54) is 18.2 Å². The van der Waals surface area contributed by atoms with Gasteiger partial charge in [-0.05, 0) is 42.5 Å². The Kier molecular flexibility index (Phi) is 3.71. The molecule has 1 saturated heterocycles. The Morgan fingerprint density at radius 1 is 0.821 bits per heavy atom. The molecular weight excluding hydrogens is 378 g/mol. The summed E-state index contributed by atoms with van der Waals surface area (Å²) in [6.07, 6.45) is 4.87. The third-order valence-electron chi connectivity index (χ3n) is 5.81. The van der Waals surface area contributed by atoms with Crippen molar-refractivity contribution in [3.05, 3.63) is 66.7 Å². The predicted molar refractivity (Wildman–Crippen MR) is 101 cm³/mol. The van der Waals surface area contributed by atoms with Crippen LogP contribution in [0, 0.1) is 23.7 Å². The Morgan fingerprint density at radius 3 is 2.04 bits per heavy atom. The van der Waals surface area contributed by atoms with Gasteiger partial charge in [-0.3, -0.25) is 9.59 Å². The van der Waals surface area contributed by atoms with Gasteiger partial charge in [0.1, 0.15) is 4.90 Å². The van der Waals surface area contributed by atoms with Gasteiger partial charge < -0.3 is 4.18 Å². The van der Waals surface area contributed by atoms with E-state index in [0.29, 0.717) is 0 Å². The van der Waals surface area contributed by atoms with Crippen molar-refractivity contribution >= 4 is 27.6 Å². The molecule has 142 valence electrons. The monoisotopic (exact) mass is 395 g/mol. The van der Waals surface area contributed by atoms with Crippen LogP contribution < -0.4 is 9.08 Å². The molecule has 28 heavy (non-hydrogen) atoms. The smallest absolute Gasteiger partial charge is 0.339 e. The number of benzene rings is 2. The minimum atomic E-state index is -4.09. The molecule has 2 fully saturated rings. The fourth-order valence-electron chi connectivity index (χ4n) is 4.61. The van der Waals surface area contributed by atoms with Gasteiger partial charge in [-0.15, -0.1) is 0 Å². The number of imide groups is 1. The number of carbonyl (C=O) groups is 2. The van der Waals surface area contributed by atoms with Crippen LogP contribution in [0.2, 0.25) is 0 Å². The quantitative estimate of drug-likeness (QED) is 0.452. The van der Waals surface area contributed by atoms with Crippen molar-refractivity contribution in [3.63, 3.8) is 0 Å². The lowest BCUT2D eigenvalue weighted by atomic mass is 9.85. The molecule has 6 nitrogen and oxygen atoms in total. The van der Waals surface area contributed by atoms with Gasteiger partial charge in [0.2, 0.25) is 11.8 Å². The second-order valence-electron chi connectivity index (χ2n) is 7.33. The van der Waals surface area contributed by atoms with E-state index in [1.54, 1.807) is 36.4 Å². The van der Waals surface area contributed by atoms with Gasteiger partial charge in [0.15, 0.2) is 5.75 Å². The molecule has 5 rings (SSSR count). The first-order valence-electron chi connectivity index (χ1n) is 9.12. The molecule has 2 aromatic rings. The molecule has 1 aliphatic heterocycles. The van der Waals surface area contributed by atoms with Crippen molar-refractivity contribution in [1.82, 2.24) is 0 Å². The standard InChI is InChI=1S/C21H17NO5S/c23-20-18-13-10-11-14(12-13)19(18)21(24)22(20)16-8-4-5-9-17(16)27-28(25,26)15-6-2-1-3-7-15/h1-11,13-14,18-19H,12H2/t13-,14+,18+,19-. The van der Waals surface area contributed by atoms with Crippen LogP contribution >= 0.6 is 0 Å². The molecule has 1 heterocycles. The highest BCUT2D eigenvalue weighted by molar-refractivity contribution is 7.87. The average Bonchev–Trinajstić information content (AvgIpc) is 3.37. The normalized spacial score (nSPS) is 28.1. The van der Waals surface area contributed by atoms with Gasteiger partial charge in [0.05, 0.1) is 17.5 Å². The lowest BCUT2D eigenvalue weighted by Crippen LogP contribution is -2.33. The summed E-state index contributed by atoms with van der Waals surface area (Å²) in [5.41, 5.74) is 0.172. The van der Waals surface area contributed by atoms with Gasteiger partial charge in [-0.1, -0.05) is 42.5 Å². The van der Waals surface area contributed by atoms with E-state index >= 15 is 0 Å². The van der Waals surface area contributed by atoms with E-state index in [-0.39, 0.29) is 51.8 Å². The van der Waals surface area contributed by atoms with E-state index < -0.39 is 10.1 Å². The summed E-state index contributed by atoms with van der Waals surface area (Å²) in [6.45, 7) is 0.